The van der Waals surface area contributed by atoms with Gasteiger partial charge in [0.05, 0.1) is 11.4 Å². The van der Waals surface area contributed by atoms with E-state index in [4.69, 9.17) is 0 Å². The molecule has 4 aliphatic carbocycles. The highest BCUT2D eigenvalue weighted by molar-refractivity contribution is 7.00. The van der Waals surface area contributed by atoms with Crippen molar-refractivity contribution in [3.05, 3.63) is 171 Å². The van der Waals surface area contributed by atoms with Crippen LogP contribution in [0.4, 0.5) is 34.1 Å². The van der Waals surface area contributed by atoms with E-state index >= 15 is 0 Å². The highest BCUT2D eigenvalue weighted by Crippen LogP contribution is 2.52. The minimum atomic E-state index is 0.118. The third kappa shape index (κ3) is 4.74. The Labute approximate surface area is 343 Å². The first-order chi connectivity index (χ1) is 28.7. The summed E-state index contributed by atoms with van der Waals surface area (Å²) in [5, 5.41) is 0. The second kappa shape index (κ2) is 12.6. The van der Waals surface area contributed by atoms with Crippen LogP contribution in [0.5, 0.6) is 0 Å². The predicted molar refractivity (Wildman–Crippen MR) is 244 cm³/mol. The second-order valence-corrected chi connectivity index (χ2v) is 18.0. The van der Waals surface area contributed by atoms with Crippen molar-refractivity contribution in [2.24, 2.45) is 0 Å². The maximum atomic E-state index is 2.81. The summed E-state index contributed by atoms with van der Waals surface area (Å²) in [4.78, 5) is 5.61. The van der Waals surface area contributed by atoms with E-state index in [0.717, 1.165) is 0 Å². The maximum absolute atomic E-state index is 2.81. The first-order valence-corrected chi connectivity index (χ1v) is 22.1. The summed E-state index contributed by atoms with van der Waals surface area (Å²) in [5.41, 5.74) is 32.1. The van der Waals surface area contributed by atoms with E-state index < -0.39 is 0 Å². The molecule has 0 spiro atoms. The molecule has 2 heterocycles. The summed E-state index contributed by atoms with van der Waals surface area (Å²) in [6.07, 6.45) is 14.5. The summed E-state index contributed by atoms with van der Waals surface area (Å²) in [5.74, 6) is 0. The van der Waals surface area contributed by atoms with Gasteiger partial charge in [-0.05, 0) is 197 Å². The molecule has 0 saturated heterocycles. The molecule has 7 aromatic carbocycles. The fourth-order valence-corrected chi connectivity index (χ4v) is 12.3. The van der Waals surface area contributed by atoms with Crippen molar-refractivity contribution in [2.75, 3.05) is 9.80 Å². The van der Waals surface area contributed by atoms with Gasteiger partial charge in [0.1, 0.15) is 0 Å². The Hall–Kier alpha value is -5.80. The topological polar surface area (TPSA) is 6.48 Å². The zero-order chi connectivity index (χ0) is 38.1. The number of hydrogen-bond acceptors (Lipinski definition) is 2. The van der Waals surface area contributed by atoms with E-state index in [1.54, 1.807) is 44.5 Å². The van der Waals surface area contributed by atoms with Crippen LogP contribution in [0.15, 0.2) is 121 Å². The molecule has 3 heteroatoms. The molecule has 0 saturated carbocycles. The van der Waals surface area contributed by atoms with E-state index in [-0.39, 0.29) is 6.71 Å². The molecule has 0 amide bonds. The van der Waals surface area contributed by atoms with Gasteiger partial charge in [0.2, 0.25) is 0 Å². The quantitative estimate of drug-likeness (QED) is 0.166. The molecular formula is C55H47BN2. The zero-order valence-corrected chi connectivity index (χ0v) is 33.5. The molecule has 2 nitrogen and oxygen atoms in total. The van der Waals surface area contributed by atoms with Gasteiger partial charge < -0.3 is 9.80 Å². The van der Waals surface area contributed by atoms with Crippen molar-refractivity contribution < 1.29 is 0 Å². The minimum absolute atomic E-state index is 0.118. The second-order valence-electron chi connectivity index (χ2n) is 18.0. The van der Waals surface area contributed by atoms with E-state index in [0.29, 0.717) is 0 Å². The third-order valence-electron chi connectivity index (χ3n) is 14.8. The molecule has 58 heavy (non-hydrogen) atoms. The van der Waals surface area contributed by atoms with Gasteiger partial charge in [-0.3, -0.25) is 0 Å². The highest BCUT2D eigenvalue weighted by Gasteiger charge is 2.46. The molecule has 13 rings (SSSR count). The van der Waals surface area contributed by atoms with Crippen molar-refractivity contribution >= 4 is 57.2 Å². The SMILES string of the molecule is Cc1cc2c3c(c1)N(c1c4c(cc5c1CCC5)CCC4)c1cc(-c4ccccc4)ccc1B3c1ccc(-c3ccccc3)cc1N2c1c2c(cc3c1CCC3)CCC2. The van der Waals surface area contributed by atoms with Crippen molar-refractivity contribution in [3.63, 3.8) is 0 Å². The first kappa shape index (κ1) is 33.2. The van der Waals surface area contributed by atoms with Crippen LogP contribution in [-0.4, -0.2) is 6.71 Å². The molecule has 0 atom stereocenters. The van der Waals surface area contributed by atoms with E-state index in [1.165, 1.54) is 155 Å². The summed E-state index contributed by atoms with van der Waals surface area (Å²) in [7, 11) is 0. The molecule has 2 aliphatic heterocycles. The number of fused-ring (bicyclic) bond motifs is 8. The lowest BCUT2D eigenvalue weighted by Gasteiger charge is -2.46. The summed E-state index contributed by atoms with van der Waals surface area (Å²) < 4.78 is 0. The van der Waals surface area contributed by atoms with Crippen molar-refractivity contribution in [1.29, 1.82) is 0 Å². The van der Waals surface area contributed by atoms with Crippen molar-refractivity contribution in [2.45, 2.75) is 84.0 Å². The molecular weight excluding hydrogens is 699 g/mol. The molecule has 7 aromatic rings. The fourth-order valence-electron chi connectivity index (χ4n) is 12.3. The van der Waals surface area contributed by atoms with Crippen LogP contribution in [0.25, 0.3) is 22.3 Å². The largest absolute Gasteiger partial charge is 0.311 e. The average molecular weight is 747 g/mol. The lowest BCUT2D eigenvalue weighted by atomic mass is 9.33. The molecule has 0 bridgehead atoms. The molecule has 0 fully saturated rings. The highest BCUT2D eigenvalue weighted by atomic mass is 15.2. The number of anilines is 6. The van der Waals surface area contributed by atoms with Gasteiger partial charge in [-0.15, -0.1) is 0 Å². The normalized spacial score (nSPS) is 16.5. The number of hydrogen-bond donors (Lipinski definition) is 0. The molecule has 6 aliphatic rings. The Morgan fingerprint density at radius 3 is 1.17 bits per heavy atom. The minimum Gasteiger partial charge on any atom is -0.311 e. The van der Waals surface area contributed by atoms with E-state index in [1.807, 2.05) is 0 Å². The molecule has 0 N–H and O–H groups in total. The van der Waals surface area contributed by atoms with Crippen LogP contribution in [0.2, 0.25) is 0 Å². The van der Waals surface area contributed by atoms with Crippen molar-refractivity contribution in [1.82, 2.24) is 0 Å². The lowest BCUT2D eigenvalue weighted by molar-refractivity contribution is 0.896. The first-order valence-electron chi connectivity index (χ1n) is 22.1. The van der Waals surface area contributed by atoms with Gasteiger partial charge in [-0.25, -0.2) is 0 Å². The number of benzene rings is 7. The Bertz CT molecular complexity index is 2620. The standard InChI is InChI=1S/C55H47BN2/c1-34-28-51-53-52(29-34)58(55-45-22-10-18-41(45)31-42-19-11-23-46(42)55)50-33-38(36-14-6-3-7-15-36)25-27-48(50)56(53)47-26-24-37(35-12-4-2-5-13-35)32-49(47)57(51)54-43-20-8-16-39(43)30-40-17-9-21-44(40)54/h2-7,12-15,24-33H,8-11,16-23H2,1H3. The van der Waals surface area contributed by atoms with Gasteiger partial charge in [0.15, 0.2) is 0 Å². The van der Waals surface area contributed by atoms with Gasteiger partial charge >= 0.3 is 0 Å². The van der Waals surface area contributed by atoms with Crippen LogP contribution in [0.1, 0.15) is 75.8 Å². The maximum Gasteiger partial charge on any atom is 0.252 e. The number of nitrogens with zero attached hydrogens (tertiary/aromatic N) is 2. The summed E-state index contributed by atoms with van der Waals surface area (Å²) in [6.45, 7) is 2.47. The van der Waals surface area contributed by atoms with Crippen LogP contribution >= 0.6 is 0 Å². The van der Waals surface area contributed by atoms with E-state index in [9.17, 15) is 0 Å². The predicted octanol–water partition coefficient (Wildman–Crippen LogP) is 11.4. The van der Waals surface area contributed by atoms with Crippen LogP contribution in [0.3, 0.4) is 0 Å². The Balaban J connectivity index is 1.15. The summed E-state index contributed by atoms with van der Waals surface area (Å²) in [6, 6.07) is 47.4. The van der Waals surface area contributed by atoms with Gasteiger partial charge in [0.25, 0.3) is 6.71 Å². The van der Waals surface area contributed by atoms with Crippen LogP contribution in [0, 0.1) is 6.92 Å². The van der Waals surface area contributed by atoms with E-state index in [2.05, 4.69) is 138 Å². The van der Waals surface area contributed by atoms with Gasteiger partial charge in [0, 0.05) is 22.7 Å². The molecule has 0 unspecified atom stereocenters. The Morgan fingerprint density at radius 1 is 0.379 bits per heavy atom. The molecule has 280 valence electrons. The van der Waals surface area contributed by atoms with Crippen LogP contribution in [-0.2, 0) is 51.4 Å². The zero-order valence-electron chi connectivity index (χ0n) is 33.5. The monoisotopic (exact) mass is 746 g/mol. The van der Waals surface area contributed by atoms with Crippen LogP contribution < -0.4 is 26.2 Å². The van der Waals surface area contributed by atoms with Gasteiger partial charge in [-0.1, -0.05) is 97.1 Å². The molecule has 0 radical (unpaired) electrons. The molecule has 0 aromatic heterocycles. The lowest BCUT2D eigenvalue weighted by Crippen LogP contribution is -2.61. The number of rotatable bonds is 4. The summed E-state index contributed by atoms with van der Waals surface area (Å²) >= 11 is 0. The fraction of sp³-hybridized carbons (Fsp3) is 0.236. The Morgan fingerprint density at radius 2 is 0.776 bits per heavy atom. The third-order valence-corrected chi connectivity index (χ3v) is 14.8. The number of aryl methyl sites for hydroxylation is 5. The smallest absolute Gasteiger partial charge is 0.252 e. The average Bonchev–Trinajstić information content (AvgIpc) is 4.11. The van der Waals surface area contributed by atoms with Crippen molar-refractivity contribution in [3.8, 4) is 22.3 Å². The Kier molecular flexibility index (Phi) is 7.21. The van der Waals surface area contributed by atoms with Gasteiger partial charge in [-0.2, -0.15) is 0 Å².